The highest BCUT2D eigenvalue weighted by atomic mass is 16.5. The Morgan fingerprint density at radius 2 is 1.69 bits per heavy atom. The number of benzene rings is 3. The summed E-state index contributed by atoms with van der Waals surface area (Å²) in [6, 6.07) is 21.6. The Balaban J connectivity index is 1.96. The first-order valence-corrected chi connectivity index (χ1v) is 12.0. The third-order valence-corrected chi connectivity index (χ3v) is 6.00. The van der Waals surface area contributed by atoms with E-state index < -0.39 is 5.97 Å². The van der Waals surface area contributed by atoms with Crippen molar-refractivity contribution in [3.05, 3.63) is 72.3 Å². The van der Waals surface area contributed by atoms with Gasteiger partial charge in [-0.3, -0.25) is 9.69 Å². The van der Waals surface area contributed by atoms with Crippen molar-refractivity contribution in [2.45, 2.75) is 39.0 Å². The van der Waals surface area contributed by atoms with Crippen molar-refractivity contribution >= 4 is 17.7 Å². The lowest BCUT2D eigenvalue weighted by Crippen LogP contribution is -2.37. The van der Waals surface area contributed by atoms with Crippen LogP contribution in [0, 0.1) is 0 Å². The van der Waals surface area contributed by atoms with Gasteiger partial charge in [-0.2, -0.15) is 0 Å². The van der Waals surface area contributed by atoms with Gasteiger partial charge in [0.25, 0.3) is 0 Å². The Morgan fingerprint density at radius 3 is 2.40 bits per heavy atom. The van der Waals surface area contributed by atoms with Gasteiger partial charge in [0.2, 0.25) is 0 Å². The molecule has 2 amide bonds. The number of carboxylic acid groups (broad SMARTS) is 1. The molecule has 0 unspecified atom stereocenters. The number of nitrogens with one attached hydrogen (secondary N) is 1. The summed E-state index contributed by atoms with van der Waals surface area (Å²) >= 11 is 0. The van der Waals surface area contributed by atoms with Gasteiger partial charge in [0.05, 0.1) is 7.11 Å². The predicted molar refractivity (Wildman–Crippen MR) is 141 cm³/mol. The average molecular weight is 475 g/mol. The van der Waals surface area contributed by atoms with Gasteiger partial charge in [0, 0.05) is 25.7 Å². The van der Waals surface area contributed by atoms with Crippen LogP contribution in [0.2, 0.25) is 0 Å². The Hall–Kier alpha value is -3.80. The lowest BCUT2D eigenvalue weighted by molar-refractivity contribution is -0.136. The summed E-state index contributed by atoms with van der Waals surface area (Å²) in [6.45, 7) is 2.80. The quantitative estimate of drug-likeness (QED) is 0.316. The maximum Gasteiger partial charge on any atom is 0.321 e. The second-order valence-electron chi connectivity index (χ2n) is 8.55. The molecule has 0 spiro atoms. The van der Waals surface area contributed by atoms with Gasteiger partial charge in [-0.1, -0.05) is 62.2 Å². The zero-order chi connectivity index (χ0) is 25.2. The number of carbonyl (C=O) groups excluding carboxylic acids is 1. The molecule has 3 aromatic carbocycles. The van der Waals surface area contributed by atoms with E-state index in [1.807, 2.05) is 66.7 Å². The minimum absolute atomic E-state index is 0.0740. The Bertz CT molecular complexity index is 1160. The van der Waals surface area contributed by atoms with E-state index in [2.05, 4.69) is 12.2 Å². The SMILES string of the molecule is CCCCCNC(=O)N(C)c1cccc(-c2ccc(CCC(=O)O)cc2-c2cccc(OC)c2)c1. The van der Waals surface area contributed by atoms with Gasteiger partial charge < -0.3 is 15.2 Å². The lowest BCUT2D eigenvalue weighted by atomic mass is 9.91. The summed E-state index contributed by atoms with van der Waals surface area (Å²) in [4.78, 5) is 25.4. The van der Waals surface area contributed by atoms with Gasteiger partial charge >= 0.3 is 12.0 Å². The maximum absolute atomic E-state index is 12.6. The highest BCUT2D eigenvalue weighted by Gasteiger charge is 2.14. The summed E-state index contributed by atoms with van der Waals surface area (Å²) in [5.41, 5.74) is 5.67. The number of aryl methyl sites for hydroxylation is 1. The number of anilines is 1. The minimum Gasteiger partial charge on any atom is -0.497 e. The number of carbonyl (C=O) groups is 2. The molecule has 3 rings (SSSR count). The van der Waals surface area contributed by atoms with E-state index in [0.717, 1.165) is 58.5 Å². The first kappa shape index (κ1) is 25.8. The van der Waals surface area contributed by atoms with Crippen LogP contribution >= 0.6 is 0 Å². The molecule has 0 fully saturated rings. The molecular formula is C29H34N2O4. The van der Waals surface area contributed by atoms with E-state index in [1.54, 1.807) is 19.1 Å². The van der Waals surface area contributed by atoms with E-state index in [9.17, 15) is 9.59 Å². The first-order valence-electron chi connectivity index (χ1n) is 12.0. The molecule has 35 heavy (non-hydrogen) atoms. The number of carboxylic acids is 1. The molecule has 6 nitrogen and oxygen atoms in total. The van der Waals surface area contributed by atoms with Crippen molar-refractivity contribution < 1.29 is 19.4 Å². The number of unbranched alkanes of at least 4 members (excludes halogenated alkanes) is 2. The standard InChI is InChI=1S/C29H34N2O4/c1-4-5-6-17-30-29(34)31(2)24-11-7-9-22(19-24)26-15-13-21(14-16-28(32)33)18-27(26)23-10-8-12-25(20-23)35-3/h7-13,15,18-20H,4-6,14,16-17H2,1-3H3,(H,30,34)(H,32,33). The molecule has 0 heterocycles. The van der Waals surface area contributed by atoms with Crippen molar-refractivity contribution in [1.82, 2.24) is 5.32 Å². The largest absolute Gasteiger partial charge is 0.497 e. The van der Waals surface area contributed by atoms with Gasteiger partial charge in [0.15, 0.2) is 0 Å². The molecule has 3 aromatic rings. The Morgan fingerprint density at radius 1 is 0.943 bits per heavy atom. The molecule has 0 radical (unpaired) electrons. The van der Waals surface area contributed by atoms with E-state index in [1.165, 1.54) is 0 Å². The van der Waals surface area contributed by atoms with E-state index >= 15 is 0 Å². The van der Waals surface area contributed by atoms with Gasteiger partial charge in [-0.25, -0.2) is 4.79 Å². The smallest absolute Gasteiger partial charge is 0.321 e. The van der Waals surface area contributed by atoms with Gasteiger partial charge in [-0.05, 0) is 64.9 Å². The van der Waals surface area contributed by atoms with Crippen LogP contribution in [0.25, 0.3) is 22.3 Å². The molecule has 0 saturated carbocycles. The van der Waals surface area contributed by atoms with Gasteiger partial charge in [0.1, 0.15) is 5.75 Å². The second kappa shape index (κ2) is 12.6. The summed E-state index contributed by atoms with van der Waals surface area (Å²) in [6.07, 6.45) is 3.69. The first-order chi connectivity index (χ1) is 16.9. The fraction of sp³-hybridized carbons (Fsp3) is 0.310. The van der Waals surface area contributed by atoms with Crippen LogP contribution in [0.5, 0.6) is 5.75 Å². The lowest BCUT2D eigenvalue weighted by Gasteiger charge is -2.20. The van der Waals surface area contributed by atoms with Crippen molar-refractivity contribution in [3.63, 3.8) is 0 Å². The molecule has 0 saturated heterocycles. The normalized spacial score (nSPS) is 10.6. The molecule has 2 N–H and O–H groups in total. The van der Waals surface area contributed by atoms with Crippen LogP contribution < -0.4 is 15.0 Å². The number of hydrogen-bond acceptors (Lipinski definition) is 3. The highest BCUT2D eigenvalue weighted by molar-refractivity contribution is 5.93. The van der Waals surface area contributed by atoms with Crippen LogP contribution in [0.4, 0.5) is 10.5 Å². The molecule has 0 aliphatic heterocycles. The maximum atomic E-state index is 12.6. The van der Waals surface area contributed by atoms with Crippen LogP contribution in [0.15, 0.2) is 66.7 Å². The minimum atomic E-state index is -0.819. The Labute approximate surface area is 207 Å². The molecule has 0 aromatic heterocycles. The highest BCUT2D eigenvalue weighted by Crippen LogP contribution is 2.36. The molecule has 0 atom stereocenters. The zero-order valence-corrected chi connectivity index (χ0v) is 20.7. The number of methoxy groups -OCH3 is 1. The van der Waals surface area contributed by atoms with Crippen molar-refractivity contribution in [2.75, 3.05) is 25.6 Å². The number of aliphatic carboxylic acids is 1. The fourth-order valence-corrected chi connectivity index (χ4v) is 3.97. The number of ether oxygens (including phenoxy) is 1. The van der Waals surface area contributed by atoms with E-state index in [-0.39, 0.29) is 12.5 Å². The monoisotopic (exact) mass is 474 g/mol. The molecule has 0 bridgehead atoms. The molecule has 0 aliphatic rings. The molecular weight excluding hydrogens is 440 g/mol. The third kappa shape index (κ3) is 7.09. The predicted octanol–water partition coefficient (Wildman–Crippen LogP) is 6.38. The summed E-state index contributed by atoms with van der Waals surface area (Å²) in [5.74, 6) is -0.0710. The topological polar surface area (TPSA) is 78.9 Å². The number of rotatable bonds is 11. The van der Waals surface area contributed by atoms with Gasteiger partial charge in [-0.15, -0.1) is 0 Å². The van der Waals surface area contributed by atoms with Crippen molar-refractivity contribution in [2.24, 2.45) is 0 Å². The molecule has 0 aliphatic carbocycles. The Kier molecular flexibility index (Phi) is 9.30. The number of hydrogen-bond donors (Lipinski definition) is 2. The molecule has 184 valence electrons. The van der Waals surface area contributed by atoms with Crippen molar-refractivity contribution in [3.8, 4) is 28.0 Å². The number of amides is 2. The number of nitrogens with zero attached hydrogens (tertiary/aromatic N) is 1. The van der Waals surface area contributed by atoms with Crippen LogP contribution in [-0.2, 0) is 11.2 Å². The van der Waals surface area contributed by atoms with Crippen LogP contribution in [0.3, 0.4) is 0 Å². The molecule has 6 heteroatoms. The second-order valence-corrected chi connectivity index (χ2v) is 8.55. The van der Waals surface area contributed by atoms with E-state index in [0.29, 0.717) is 13.0 Å². The van der Waals surface area contributed by atoms with Crippen molar-refractivity contribution in [1.29, 1.82) is 0 Å². The number of urea groups is 1. The summed E-state index contributed by atoms with van der Waals surface area (Å²) in [7, 11) is 3.40. The zero-order valence-electron chi connectivity index (χ0n) is 20.7. The van der Waals surface area contributed by atoms with Crippen LogP contribution in [-0.4, -0.2) is 37.8 Å². The summed E-state index contributed by atoms with van der Waals surface area (Å²) < 4.78 is 5.43. The van der Waals surface area contributed by atoms with Crippen LogP contribution in [0.1, 0.15) is 38.2 Å². The summed E-state index contributed by atoms with van der Waals surface area (Å²) in [5, 5.41) is 12.1. The average Bonchev–Trinajstić information content (AvgIpc) is 2.89. The van der Waals surface area contributed by atoms with E-state index in [4.69, 9.17) is 9.84 Å². The third-order valence-electron chi connectivity index (χ3n) is 6.00. The fourth-order valence-electron chi connectivity index (χ4n) is 3.97.